The average Bonchev–Trinajstić information content (AvgIpc) is 2.68. The van der Waals surface area contributed by atoms with Crippen LogP contribution in [0.2, 0.25) is 0 Å². The molecule has 2 aromatic rings. The van der Waals surface area contributed by atoms with Crippen LogP contribution in [0.15, 0.2) is 48.5 Å². The molecule has 1 heterocycles. The number of nitrogens with one attached hydrogen (secondary N) is 1. The molecular weight excluding hydrogens is 326 g/mol. The summed E-state index contributed by atoms with van der Waals surface area (Å²) >= 11 is 0. The van der Waals surface area contributed by atoms with Crippen molar-refractivity contribution in [3.8, 4) is 5.75 Å². The Bertz CT molecular complexity index is 740. The van der Waals surface area contributed by atoms with Crippen LogP contribution in [0.3, 0.4) is 0 Å². The third-order valence-corrected chi connectivity index (χ3v) is 4.80. The number of piperazine rings is 1. The topological polar surface area (TPSA) is 44.8 Å². The molecule has 2 aromatic carbocycles. The Labute approximate surface area is 155 Å². The van der Waals surface area contributed by atoms with E-state index < -0.39 is 0 Å². The number of methoxy groups -OCH3 is 1. The van der Waals surface area contributed by atoms with Crippen molar-refractivity contribution in [2.24, 2.45) is 0 Å². The molecule has 1 fully saturated rings. The van der Waals surface area contributed by atoms with Gasteiger partial charge in [-0.15, -0.1) is 0 Å². The van der Waals surface area contributed by atoms with E-state index in [1.54, 1.807) is 7.11 Å². The minimum absolute atomic E-state index is 0.0174. The van der Waals surface area contributed by atoms with Crippen molar-refractivity contribution in [3.05, 3.63) is 59.7 Å². The fourth-order valence-electron chi connectivity index (χ4n) is 3.32. The summed E-state index contributed by atoms with van der Waals surface area (Å²) in [7, 11) is 1.67. The first-order valence-electron chi connectivity index (χ1n) is 9.13. The Hall–Kier alpha value is -2.69. The zero-order valence-corrected chi connectivity index (χ0v) is 15.6. The quantitative estimate of drug-likeness (QED) is 0.898. The van der Waals surface area contributed by atoms with Crippen molar-refractivity contribution in [1.29, 1.82) is 0 Å². The average molecular weight is 353 g/mol. The first-order chi connectivity index (χ1) is 12.7. The molecule has 0 radical (unpaired) electrons. The number of anilines is 1. The number of benzene rings is 2. The molecule has 1 saturated heterocycles. The van der Waals surface area contributed by atoms with Gasteiger partial charge in [0.25, 0.3) is 0 Å². The van der Waals surface area contributed by atoms with Gasteiger partial charge in [0, 0.05) is 38.4 Å². The number of nitrogens with zero attached hydrogens (tertiary/aromatic N) is 2. The van der Waals surface area contributed by atoms with Crippen molar-refractivity contribution in [3.63, 3.8) is 0 Å². The number of urea groups is 1. The molecule has 2 amide bonds. The van der Waals surface area contributed by atoms with Crippen LogP contribution in [-0.4, -0.2) is 50.8 Å². The van der Waals surface area contributed by atoms with E-state index in [1.165, 1.54) is 11.3 Å². The first kappa shape index (κ1) is 18.1. The molecule has 0 aromatic heterocycles. The van der Waals surface area contributed by atoms with Crippen LogP contribution in [0.1, 0.15) is 11.1 Å². The number of carbonyl (C=O) groups is 1. The van der Waals surface area contributed by atoms with E-state index in [2.05, 4.69) is 41.4 Å². The Balaban J connectivity index is 1.45. The van der Waals surface area contributed by atoms with E-state index in [4.69, 9.17) is 4.74 Å². The number of hydrogen-bond acceptors (Lipinski definition) is 3. The summed E-state index contributed by atoms with van der Waals surface area (Å²) in [6, 6.07) is 16.5. The molecule has 138 valence electrons. The molecule has 5 heteroatoms. The van der Waals surface area contributed by atoms with Gasteiger partial charge in [0.2, 0.25) is 0 Å². The zero-order chi connectivity index (χ0) is 18.4. The molecule has 0 aliphatic carbocycles. The summed E-state index contributed by atoms with van der Waals surface area (Å²) in [5.41, 5.74) is 3.61. The third kappa shape index (κ3) is 4.48. The van der Waals surface area contributed by atoms with Gasteiger partial charge in [-0.25, -0.2) is 4.79 Å². The normalized spacial score (nSPS) is 14.2. The Morgan fingerprint density at radius 1 is 1.08 bits per heavy atom. The molecule has 0 atom stereocenters. The van der Waals surface area contributed by atoms with E-state index >= 15 is 0 Å². The molecule has 5 nitrogen and oxygen atoms in total. The van der Waals surface area contributed by atoms with E-state index in [1.807, 2.05) is 29.2 Å². The molecule has 26 heavy (non-hydrogen) atoms. The molecule has 0 saturated carbocycles. The Morgan fingerprint density at radius 3 is 2.58 bits per heavy atom. The van der Waals surface area contributed by atoms with Gasteiger partial charge in [0.1, 0.15) is 5.75 Å². The summed E-state index contributed by atoms with van der Waals surface area (Å²) in [6.07, 6.45) is 0.763. The highest BCUT2D eigenvalue weighted by molar-refractivity contribution is 5.74. The van der Waals surface area contributed by atoms with Gasteiger partial charge in [0.15, 0.2) is 0 Å². The summed E-state index contributed by atoms with van der Waals surface area (Å²) < 4.78 is 5.35. The van der Waals surface area contributed by atoms with Gasteiger partial charge in [-0.3, -0.25) is 0 Å². The van der Waals surface area contributed by atoms with Crippen molar-refractivity contribution >= 4 is 11.7 Å². The first-order valence-corrected chi connectivity index (χ1v) is 9.13. The van der Waals surface area contributed by atoms with Crippen molar-refractivity contribution in [1.82, 2.24) is 10.2 Å². The largest absolute Gasteiger partial charge is 0.496 e. The highest BCUT2D eigenvalue weighted by Crippen LogP contribution is 2.18. The van der Waals surface area contributed by atoms with Crippen LogP contribution >= 0.6 is 0 Å². The maximum atomic E-state index is 12.4. The lowest BCUT2D eigenvalue weighted by Crippen LogP contribution is -2.52. The second-order valence-electron chi connectivity index (χ2n) is 6.61. The summed E-state index contributed by atoms with van der Waals surface area (Å²) in [6.45, 7) is 5.93. The number of amides is 2. The van der Waals surface area contributed by atoms with Crippen molar-refractivity contribution in [2.75, 3.05) is 44.7 Å². The molecule has 0 unspecified atom stereocenters. The summed E-state index contributed by atoms with van der Waals surface area (Å²) in [5.74, 6) is 0.869. The van der Waals surface area contributed by atoms with E-state index in [-0.39, 0.29) is 6.03 Å². The number of hydrogen-bond donors (Lipinski definition) is 1. The zero-order valence-electron chi connectivity index (χ0n) is 15.6. The molecule has 1 N–H and O–H groups in total. The van der Waals surface area contributed by atoms with Gasteiger partial charge in [-0.05, 0) is 42.7 Å². The highest BCUT2D eigenvalue weighted by Gasteiger charge is 2.21. The lowest BCUT2D eigenvalue weighted by molar-refractivity contribution is 0.194. The van der Waals surface area contributed by atoms with Crippen LogP contribution in [0.4, 0.5) is 10.5 Å². The SMILES string of the molecule is COc1ccccc1CCNC(=O)N1CCN(c2cccc(C)c2)CC1. The molecular formula is C21H27N3O2. The van der Waals surface area contributed by atoms with Gasteiger partial charge in [0.05, 0.1) is 7.11 Å². The van der Waals surface area contributed by atoms with Gasteiger partial charge in [-0.1, -0.05) is 30.3 Å². The minimum Gasteiger partial charge on any atom is -0.496 e. The molecule has 1 aliphatic rings. The minimum atomic E-state index is 0.0174. The predicted molar refractivity (Wildman–Crippen MR) is 105 cm³/mol. The van der Waals surface area contributed by atoms with E-state index in [0.717, 1.165) is 43.9 Å². The summed E-state index contributed by atoms with van der Waals surface area (Å²) in [4.78, 5) is 16.6. The van der Waals surface area contributed by atoms with Gasteiger partial charge in [-0.2, -0.15) is 0 Å². The van der Waals surface area contributed by atoms with Gasteiger partial charge < -0.3 is 19.9 Å². The maximum absolute atomic E-state index is 12.4. The van der Waals surface area contributed by atoms with E-state index in [0.29, 0.717) is 6.54 Å². The smallest absolute Gasteiger partial charge is 0.317 e. The van der Waals surface area contributed by atoms with Crippen molar-refractivity contribution < 1.29 is 9.53 Å². The van der Waals surface area contributed by atoms with Crippen LogP contribution in [0, 0.1) is 6.92 Å². The van der Waals surface area contributed by atoms with Crippen molar-refractivity contribution in [2.45, 2.75) is 13.3 Å². The second-order valence-corrected chi connectivity index (χ2v) is 6.61. The highest BCUT2D eigenvalue weighted by atomic mass is 16.5. The van der Waals surface area contributed by atoms with Crippen LogP contribution in [0.25, 0.3) is 0 Å². The fourth-order valence-corrected chi connectivity index (χ4v) is 3.32. The number of ether oxygens (including phenoxy) is 1. The monoisotopic (exact) mass is 353 g/mol. The predicted octanol–water partition coefficient (Wildman–Crippen LogP) is 3.08. The number of aryl methyl sites for hydroxylation is 1. The van der Waals surface area contributed by atoms with Crippen LogP contribution in [-0.2, 0) is 6.42 Å². The molecule has 0 spiro atoms. The van der Waals surface area contributed by atoms with Gasteiger partial charge >= 0.3 is 6.03 Å². The summed E-state index contributed by atoms with van der Waals surface area (Å²) in [5, 5.41) is 3.03. The Kier molecular flexibility index (Phi) is 6.00. The van der Waals surface area contributed by atoms with E-state index in [9.17, 15) is 4.79 Å². The second kappa shape index (κ2) is 8.61. The fraction of sp³-hybridized carbons (Fsp3) is 0.381. The number of carbonyl (C=O) groups excluding carboxylic acids is 1. The maximum Gasteiger partial charge on any atom is 0.317 e. The number of para-hydroxylation sites is 1. The lowest BCUT2D eigenvalue weighted by Gasteiger charge is -2.36. The third-order valence-electron chi connectivity index (χ3n) is 4.80. The Morgan fingerprint density at radius 2 is 1.85 bits per heavy atom. The van der Waals surface area contributed by atoms with Crippen LogP contribution in [0.5, 0.6) is 5.75 Å². The standard InChI is InChI=1S/C21H27N3O2/c1-17-6-5-8-19(16-17)23-12-14-24(15-13-23)21(25)22-11-10-18-7-3-4-9-20(18)26-2/h3-9,16H,10-15H2,1-2H3,(H,22,25). The lowest BCUT2D eigenvalue weighted by atomic mass is 10.1. The molecule has 0 bridgehead atoms. The van der Waals surface area contributed by atoms with Crippen LogP contribution < -0.4 is 15.0 Å². The molecule has 1 aliphatic heterocycles. The number of rotatable bonds is 5. The molecule has 3 rings (SSSR count).